The maximum absolute atomic E-state index is 14.1. The second kappa shape index (κ2) is 38.4. The molecule has 0 saturated heterocycles. The zero-order chi connectivity index (χ0) is 90.7. The Bertz CT molecular complexity index is 7480. The number of rotatable bonds is 13. The van der Waals surface area contributed by atoms with Crippen molar-refractivity contribution in [1.82, 2.24) is 36.8 Å². The van der Waals surface area contributed by atoms with Crippen LogP contribution in [0.3, 0.4) is 0 Å². The van der Waals surface area contributed by atoms with E-state index in [2.05, 4.69) is 79.4 Å². The van der Waals surface area contributed by atoms with Gasteiger partial charge in [0.2, 0.25) is 0 Å². The van der Waals surface area contributed by atoms with Gasteiger partial charge in [-0.25, -0.2) is 92.2 Å². The first-order valence-corrected chi connectivity index (χ1v) is 46.1. The molecule has 18 aromatic rings. The topological polar surface area (TPSA) is 346 Å². The van der Waals surface area contributed by atoms with E-state index in [4.69, 9.17) is 25.2 Å². The van der Waals surface area contributed by atoms with Crippen LogP contribution in [0.15, 0.2) is 269 Å². The van der Waals surface area contributed by atoms with Crippen LogP contribution in [0.1, 0.15) is 16.7 Å². The molecule has 0 amide bonds. The Kier molecular flexibility index (Phi) is 28.1. The van der Waals surface area contributed by atoms with Gasteiger partial charge in [-0.15, -0.1) is 0 Å². The van der Waals surface area contributed by atoms with E-state index in [1.165, 1.54) is 69.5 Å². The van der Waals surface area contributed by atoms with Crippen LogP contribution in [-0.2, 0) is 30.1 Å². The molecule has 0 bridgehead atoms. The van der Waals surface area contributed by atoms with E-state index in [9.17, 15) is 75.7 Å². The number of benzene rings is 7. The molecule has 18 rings (SSSR count). The Morgan fingerprint density at radius 3 is 1.13 bits per heavy atom. The maximum Gasteiger partial charge on any atom is 0.492 e. The smallest absolute Gasteiger partial charge is 0.492 e. The molecule has 0 unspecified atom stereocenters. The molecule has 126 heavy (non-hydrogen) atoms. The number of hydrogen-bond donors (Lipinski definition) is 9. The first kappa shape index (κ1) is 92.2. The fraction of sp³-hybridized carbons (Fsp3) is 0.0353. The summed E-state index contributed by atoms with van der Waals surface area (Å²) in [5.41, 5.74) is 7.94. The number of thiophene rings is 3. The summed E-state index contributed by atoms with van der Waals surface area (Å²) in [6, 6.07) is 37.8. The average Bonchev–Trinajstić information content (AvgIpc) is 1.59. The van der Waals surface area contributed by atoms with E-state index < -0.39 is 119 Å². The van der Waals surface area contributed by atoms with Crippen LogP contribution in [0.25, 0.3) is 99.8 Å². The van der Waals surface area contributed by atoms with Gasteiger partial charge in [-0.05, 0) is 221 Å². The van der Waals surface area contributed by atoms with Crippen molar-refractivity contribution in [1.29, 1.82) is 0 Å². The molecule has 0 spiro atoms. The normalized spacial score (nSPS) is 11.4. The summed E-state index contributed by atoms with van der Waals surface area (Å²) in [6.45, 7) is 5.59. The second-order valence-electron chi connectivity index (χ2n) is 27.4. The summed E-state index contributed by atoms with van der Waals surface area (Å²) in [6.07, 6.45) is 11.9. The average molecular weight is 2070 g/mol. The van der Waals surface area contributed by atoms with Gasteiger partial charge < -0.3 is 45.5 Å². The quantitative estimate of drug-likeness (QED) is 0.0294. The van der Waals surface area contributed by atoms with Gasteiger partial charge in [0, 0.05) is 158 Å². The van der Waals surface area contributed by atoms with Gasteiger partial charge >= 0.3 is 14.2 Å². The number of aromatic hydroxyl groups is 4. The predicted molar refractivity (Wildman–Crippen MR) is 484 cm³/mol. The van der Waals surface area contributed by atoms with Crippen LogP contribution in [0, 0.1) is 70.9 Å². The summed E-state index contributed by atoms with van der Waals surface area (Å²) in [5.74, 6) is -11.1. The number of pyridine rings is 4. The summed E-state index contributed by atoms with van der Waals surface area (Å²) in [4.78, 5) is 20.4. The van der Waals surface area contributed by atoms with Crippen molar-refractivity contribution in [2.24, 2.45) is 0 Å². The molecule has 642 valence electrons. The van der Waals surface area contributed by atoms with Gasteiger partial charge in [-0.3, -0.25) is 0 Å². The van der Waals surface area contributed by atoms with Gasteiger partial charge in [0.1, 0.15) is 28.9 Å². The number of phenols is 4. The molecule has 22 nitrogen and oxygen atoms in total. The lowest BCUT2D eigenvalue weighted by Crippen LogP contribution is -2.30. The van der Waals surface area contributed by atoms with Crippen molar-refractivity contribution in [2.45, 2.75) is 35.5 Å². The number of H-pyrrole nitrogens is 1. The lowest BCUT2D eigenvalue weighted by molar-refractivity contribution is 0.407. The minimum atomic E-state index is -4.08. The number of nitrogens with one attached hydrogen (secondary N) is 1. The van der Waals surface area contributed by atoms with Crippen LogP contribution >= 0.6 is 88.5 Å². The molecule has 0 saturated carbocycles. The highest BCUT2D eigenvalue weighted by Gasteiger charge is 2.30. The molecule has 11 aromatic heterocycles. The molecule has 7 aromatic carbocycles. The summed E-state index contributed by atoms with van der Waals surface area (Å²) in [5, 5.41) is 86.6. The first-order valence-electron chi connectivity index (χ1n) is 36.3. The fourth-order valence-electron chi connectivity index (χ4n) is 12.5. The largest absolute Gasteiger partial charge is 0.505 e. The number of fused-ring (bicyclic) bond motifs is 4. The summed E-state index contributed by atoms with van der Waals surface area (Å²) >= 11 is 13.2. The number of aryl methyl sites for hydroxylation is 3. The van der Waals surface area contributed by atoms with Crippen LogP contribution < -0.4 is 10.9 Å². The number of aromatic amines is 1. The highest BCUT2D eigenvalue weighted by Crippen LogP contribution is 2.44. The first-order chi connectivity index (χ1) is 59.8. The molecule has 11 heterocycles. The van der Waals surface area contributed by atoms with Gasteiger partial charge in [0.25, 0.3) is 30.1 Å². The molecule has 41 heteroatoms. The van der Waals surface area contributed by atoms with E-state index in [-0.39, 0.29) is 53.8 Å². The third-order valence-corrected chi connectivity index (χ3v) is 27.6. The Morgan fingerprint density at radius 2 is 0.738 bits per heavy atom. The number of halogens is 11. The third-order valence-electron chi connectivity index (χ3n) is 18.8. The molecule has 0 fully saturated rings. The van der Waals surface area contributed by atoms with Crippen LogP contribution in [-0.4, -0.2) is 117 Å². The number of hydrogen-bond acceptors (Lipinski definition) is 21. The molecule has 9 N–H and O–H groups in total. The maximum atomic E-state index is 14.1. The van der Waals surface area contributed by atoms with E-state index in [1.54, 1.807) is 120 Å². The van der Waals surface area contributed by atoms with Gasteiger partial charge in [-0.1, -0.05) is 59.2 Å². The third kappa shape index (κ3) is 20.0. The van der Waals surface area contributed by atoms with Crippen LogP contribution in [0.2, 0.25) is 0 Å². The van der Waals surface area contributed by atoms with Crippen molar-refractivity contribution in [3.8, 4) is 78.6 Å². The molecule has 0 aliphatic heterocycles. The highest BCUT2D eigenvalue weighted by atomic mass is 127. The highest BCUT2D eigenvalue weighted by molar-refractivity contribution is 14.1. The van der Waals surface area contributed by atoms with E-state index in [1.807, 2.05) is 66.6 Å². The molecule has 0 atom stereocenters. The Morgan fingerprint density at radius 1 is 0.381 bits per heavy atom. The molecule has 0 radical (unpaired) electrons. The Hall–Kier alpha value is -11.5. The van der Waals surface area contributed by atoms with E-state index in [0.717, 1.165) is 73.0 Å². The monoisotopic (exact) mass is 2070 g/mol. The van der Waals surface area contributed by atoms with Crippen LogP contribution in [0.5, 0.6) is 23.0 Å². The number of aromatic nitrogens is 8. The zero-order valence-corrected chi connectivity index (χ0v) is 74.8. The molecule has 0 aliphatic rings. The molecular weight excluding hydrogens is 2010 g/mol. The van der Waals surface area contributed by atoms with Crippen LogP contribution in [0.4, 0.5) is 35.1 Å². The van der Waals surface area contributed by atoms with Crippen molar-refractivity contribution >= 4 is 188 Å². The van der Waals surface area contributed by atoms with Crippen molar-refractivity contribution in [3.63, 3.8) is 0 Å². The minimum Gasteiger partial charge on any atom is -0.505 e. The van der Waals surface area contributed by atoms with Crippen molar-refractivity contribution in [3.05, 3.63) is 321 Å². The lowest BCUT2D eigenvalue weighted by Gasteiger charge is -2.07. The summed E-state index contributed by atoms with van der Waals surface area (Å²) in [7, 11) is -15.2. The number of phenolic OH excluding ortho intramolecular Hbond substituents is 4. The predicted octanol–water partition coefficient (Wildman–Crippen LogP) is 18.6. The van der Waals surface area contributed by atoms with Gasteiger partial charge in [-0.2, -0.15) is 34.0 Å². The van der Waals surface area contributed by atoms with Gasteiger partial charge in [0.15, 0.2) is 63.2 Å². The molecular formula is C85H59B2Br2F8IN8O14S6. The standard InChI is InChI=1S/C24H16F2N2O3S2.C20H13BrF2N2O3S.C17H10F2N2OS.C14H10BrIN2O2S.C6H5BF2O3.C4H5BO2S/c1-14-2-4-18(5-3-14)33(30,31)28-12-21(19-9-17(25)10-22(26)23(19)29)20-8-16(11-27-24(20)28)15-6-7-32-13-15;1-11-2-4-14(5-3-11)29(27,28)25-10-17(16-6-12(21)9-24-20(16)25)15-7-13(22)8-18(23)19(15)26;18-11-4-12(16(22)15(19)5-11)14-7-21-17-13(14)3-10(6-20-17)9-1-2-23-8-9;1-9-2-4-11(5-3-9)21(19,20)18-8-13(16)12-6-10(15)7-17-14(12)18;8-3-1-4(7(11)12)6(10)5(9)2-3;6-5(7)4-1-2-8-3-4/h2-13,29H,1H3;2-10,26H,1H3;1-8,22H,(H,20,21);2-8H,1H3;1-2,10-12H;1-3,6-7H. The Balaban J connectivity index is 0.000000135. The van der Waals surface area contributed by atoms with Crippen molar-refractivity contribution < 1.29 is 101 Å². The SMILES string of the molecule is Cc1ccc(S(=O)(=O)n2cc(-c3cc(F)cc(F)c3O)c3cc(-c4ccsc4)cnc32)cc1.Cc1ccc(S(=O)(=O)n2cc(-c3cc(F)cc(F)c3O)c3cc(Br)cnc32)cc1.Cc1ccc(S(=O)(=O)n2cc(I)c3cc(Br)cnc32)cc1.OB(O)c1cc(F)cc(F)c1O.OB(O)c1ccsc1.Oc1c(F)cc(F)cc1-c1c[nH]c2ncc(-c3ccsc3)cc12. The minimum absolute atomic E-state index is 0.0333. The second-order valence-corrected chi connectivity index (χ2v) is 38.2. The fourth-order valence-corrected chi connectivity index (χ4v) is 20.0. The number of nitrogens with zero attached hydrogens (tertiary/aromatic N) is 7. The van der Waals surface area contributed by atoms with Gasteiger partial charge in [0.05, 0.1) is 14.7 Å². The zero-order valence-electron chi connectivity index (χ0n) is 64.6. The van der Waals surface area contributed by atoms with E-state index >= 15 is 0 Å². The van der Waals surface area contributed by atoms with Crippen molar-refractivity contribution in [2.75, 3.05) is 0 Å². The molecule has 0 aliphatic carbocycles. The Labute approximate surface area is 754 Å². The van der Waals surface area contributed by atoms with E-state index in [0.29, 0.717) is 78.8 Å². The lowest BCUT2D eigenvalue weighted by atomic mass is 9.79. The summed E-state index contributed by atoms with van der Waals surface area (Å²) < 4.78 is 192.